The fourth-order valence-electron chi connectivity index (χ4n) is 1.60. The summed E-state index contributed by atoms with van der Waals surface area (Å²) in [4.78, 5) is 23.6. The summed E-state index contributed by atoms with van der Waals surface area (Å²) in [7, 11) is 0. The first-order valence-electron chi connectivity index (χ1n) is 6.35. The SMILES string of the molecule is O=C(CSOSCC(=O)c1ccccc1)c1ccccc1. The Labute approximate surface area is 132 Å². The van der Waals surface area contributed by atoms with Crippen LogP contribution in [0.2, 0.25) is 0 Å². The van der Waals surface area contributed by atoms with Gasteiger partial charge in [-0.25, -0.2) is 3.63 Å². The minimum Gasteiger partial charge on any atom is -0.293 e. The van der Waals surface area contributed by atoms with Gasteiger partial charge in [0.1, 0.15) is 0 Å². The molecule has 2 rings (SSSR count). The highest BCUT2D eigenvalue weighted by Gasteiger charge is 2.08. The fraction of sp³-hybridized carbons (Fsp3) is 0.125. The third kappa shape index (κ3) is 5.38. The van der Waals surface area contributed by atoms with E-state index >= 15 is 0 Å². The number of ketones is 2. The molecule has 2 aromatic rings. The van der Waals surface area contributed by atoms with Crippen molar-refractivity contribution < 1.29 is 13.2 Å². The van der Waals surface area contributed by atoms with Crippen molar-refractivity contribution >= 4 is 35.7 Å². The smallest absolute Gasteiger partial charge is 0.175 e. The van der Waals surface area contributed by atoms with Gasteiger partial charge in [-0.1, -0.05) is 60.7 Å². The Bertz CT molecular complexity index is 531. The largest absolute Gasteiger partial charge is 0.293 e. The average molecular weight is 318 g/mol. The highest BCUT2D eigenvalue weighted by Crippen LogP contribution is 2.17. The number of hydrogen-bond acceptors (Lipinski definition) is 5. The van der Waals surface area contributed by atoms with Crippen LogP contribution in [0.4, 0.5) is 0 Å². The molecule has 0 radical (unpaired) electrons. The van der Waals surface area contributed by atoms with E-state index in [1.807, 2.05) is 36.4 Å². The van der Waals surface area contributed by atoms with Crippen LogP contribution in [0, 0.1) is 0 Å². The maximum atomic E-state index is 11.8. The number of benzene rings is 2. The highest BCUT2D eigenvalue weighted by molar-refractivity contribution is 8.08. The van der Waals surface area contributed by atoms with Crippen molar-refractivity contribution in [1.29, 1.82) is 0 Å². The lowest BCUT2D eigenvalue weighted by atomic mass is 10.2. The van der Waals surface area contributed by atoms with Crippen LogP contribution in [0.3, 0.4) is 0 Å². The molecule has 21 heavy (non-hydrogen) atoms. The Hall–Kier alpha value is -1.56. The monoisotopic (exact) mass is 318 g/mol. The third-order valence-corrected chi connectivity index (χ3v) is 4.20. The van der Waals surface area contributed by atoms with Crippen LogP contribution >= 0.6 is 24.1 Å². The second-order valence-electron chi connectivity index (χ2n) is 4.17. The number of Topliss-reactive ketones (excluding diaryl/α,β-unsaturated/α-hetero) is 2. The Morgan fingerprint density at radius 3 is 1.48 bits per heavy atom. The first-order chi connectivity index (χ1) is 10.3. The molecular formula is C16H14O3S2. The maximum absolute atomic E-state index is 11.8. The van der Waals surface area contributed by atoms with E-state index in [1.165, 1.54) is 0 Å². The molecule has 5 heteroatoms. The van der Waals surface area contributed by atoms with E-state index in [2.05, 4.69) is 0 Å². The van der Waals surface area contributed by atoms with E-state index in [0.29, 0.717) is 11.1 Å². The van der Waals surface area contributed by atoms with E-state index in [-0.39, 0.29) is 23.1 Å². The molecule has 0 fully saturated rings. The van der Waals surface area contributed by atoms with Crippen LogP contribution in [-0.2, 0) is 3.63 Å². The predicted octanol–water partition coefficient (Wildman–Crippen LogP) is 4.07. The Kier molecular flexibility index (Phi) is 6.53. The van der Waals surface area contributed by atoms with Gasteiger partial charge in [-0.2, -0.15) is 0 Å². The van der Waals surface area contributed by atoms with Crippen molar-refractivity contribution in [3.63, 3.8) is 0 Å². The molecule has 0 N–H and O–H groups in total. The summed E-state index contributed by atoms with van der Waals surface area (Å²) in [6.07, 6.45) is 0. The fourth-order valence-corrected chi connectivity index (χ4v) is 2.81. The van der Waals surface area contributed by atoms with Crippen LogP contribution in [0.15, 0.2) is 60.7 Å². The molecular weight excluding hydrogens is 304 g/mol. The van der Waals surface area contributed by atoms with E-state index in [1.54, 1.807) is 24.3 Å². The van der Waals surface area contributed by atoms with Crippen LogP contribution in [0.25, 0.3) is 0 Å². The summed E-state index contributed by atoms with van der Waals surface area (Å²) in [5, 5.41) is 0. The van der Waals surface area contributed by atoms with Crippen molar-refractivity contribution in [2.75, 3.05) is 11.5 Å². The molecule has 0 aromatic heterocycles. The van der Waals surface area contributed by atoms with E-state index in [0.717, 1.165) is 24.1 Å². The van der Waals surface area contributed by atoms with E-state index < -0.39 is 0 Å². The second-order valence-corrected chi connectivity index (χ2v) is 5.76. The number of carbonyl (C=O) groups excluding carboxylic acids is 2. The lowest BCUT2D eigenvalue weighted by Crippen LogP contribution is -2.03. The molecule has 108 valence electrons. The zero-order valence-electron chi connectivity index (χ0n) is 11.2. The second kappa shape index (κ2) is 8.67. The molecule has 0 atom stereocenters. The van der Waals surface area contributed by atoms with Gasteiger partial charge in [0.2, 0.25) is 0 Å². The van der Waals surface area contributed by atoms with Crippen molar-refractivity contribution in [3.8, 4) is 0 Å². The summed E-state index contributed by atoms with van der Waals surface area (Å²) >= 11 is 2.11. The normalized spacial score (nSPS) is 10.3. The van der Waals surface area contributed by atoms with Crippen LogP contribution in [0.5, 0.6) is 0 Å². The van der Waals surface area contributed by atoms with Crippen molar-refractivity contribution in [2.24, 2.45) is 0 Å². The zero-order valence-corrected chi connectivity index (χ0v) is 12.9. The van der Waals surface area contributed by atoms with Gasteiger partial charge >= 0.3 is 0 Å². The van der Waals surface area contributed by atoms with Gasteiger partial charge in [-0.15, -0.1) is 0 Å². The number of carbonyl (C=O) groups is 2. The minimum absolute atomic E-state index is 0.00980. The third-order valence-electron chi connectivity index (χ3n) is 2.67. The molecule has 0 aliphatic heterocycles. The Morgan fingerprint density at radius 1 is 0.714 bits per heavy atom. The van der Waals surface area contributed by atoms with Crippen molar-refractivity contribution in [2.45, 2.75) is 0 Å². The average Bonchev–Trinajstić information content (AvgIpc) is 2.55. The van der Waals surface area contributed by atoms with Crippen molar-refractivity contribution in [3.05, 3.63) is 71.8 Å². The predicted molar refractivity (Wildman–Crippen MR) is 87.5 cm³/mol. The zero-order chi connectivity index (χ0) is 14.9. The molecule has 0 aliphatic carbocycles. The van der Waals surface area contributed by atoms with Gasteiger partial charge in [0.25, 0.3) is 0 Å². The Morgan fingerprint density at radius 2 is 1.10 bits per heavy atom. The topological polar surface area (TPSA) is 43.4 Å². The standard InChI is InChI=1S/C16H14O3S2/c17-15(13-7-3-1-4-8-13)11-20-19-21-12-16(18)14-9-5-2-6-10-14/h1-10H,11-12H2. The molecule has 0 amide bonds. The molecule has 2 aromatic carbocycles. The van der Waals surface area contributed by atoms with Crippen LogP contribution in [-0.4, -0.2) is 23.1 Å². The van der Waals surface area contributed by atoms with E-state index in [4.69, 9.17) is 3.63 Å². The van der Waals surface area contributed by atoms with Gasteiger partial charge in [0, 0.05) is 35.2 Å². The van der Waals surface area contributed by atoms with Crippen molar-refractivity contribution in [1.82, 2.24) is 0 Å². The van der Waals surface area contributed by atoms with Gasteiger partial charge in [-0.05, 0) is 0 Å². The summed E-state index contributed by atoms with van der Waals surface area (Å²) in [5.41, 5.74) is 1.33. The van der Waals surface area contributed by atoms with Gasteiger partial charge < -0.3 is 0 Å². The number of hydrogen-bond donors (Lipinski definition) is 0. The Balaban J connectivity index is 1.64. The quantitative estimate of drug-likeness (QED) is 0.417. The highest BCUT2D eigenvalue weighted by atomic mass is 32.2. The molecule has 0 heterocycles. The number of rotatable bonds is 8. The first kappa shape index (κ1) is 15.8. The first-order valence-corrected chi connectivity index (χ1v) is 8.17. The van der Waals surface area contributed by atoms with Gasteiger partial charge in [-0.3, -0.25) is 9.59 Å². The molecule has 0 spiro atoms. The molecule has 0 saturated heterocycles. The molecule has 0 aliphatic rings. The lowest BCUT2D eigenvalue weighted by molar-refractivity contribution is 0.101. The summed E-state index contributed by atoms with van der Waals surface area (Å²) in [6.45, 7) is 0. The lowest BCUT2D eigenvalue weighted by Gasteiger charge is -2.02. The molecule has 3 nitrogen and oxygen atoms in total. The van der Waals surface area contributed by atoms with E-state index in [9.17, 15) is 9.59 Å². The van der Waals surface area contributed by atoms with Gasteiger partial charge in [0.15, 0.2) is 11.6 Å². The summed E-state index contributed by atoms with van der Waals surface area (Å²) in [5.74, 6) is 0.485. The van der Waals surface area contributed by atoms with Gasteiger partial charge in [0.05, 0.1) is 11.5 Å². The van der Waals surface area contributed by atoms with Crippen LogP contribution < -0.4 is 0 Å². The summed E-state index contributed by atoms with van der Waals surface area (Å²) < 4.78 is 5.21. The summed E-state index contributed by atoms with van der Waals surface area (Å²) in [6, 6.07) is 18.1. The minimum atomic E-state index is 0.00980. The maximum Gasteiger partial charge on any atom is 0.175 e. The molecule has 0 bridgehead atoms. The molecule has 0 saturated carbocycles. The van der Waals surface area contributed by atoms with Crippen LogP contribution in [0.1, 0.15) is 20.7 Å². The molecule has 0 unspecified atom stereocenters.